The molecule has 3 rings (SSSR count). The minimum Gasteiger partial charge on any atom is -0.321 e. The number of sulfonamides is 1. The monoisotopic (exact) mass is 432 g/mol. The lowest BCUT2D eigenvalue weighted by Crippen LogP contribution is -2.42. The van der Waals surface area contributed by atoms with E-state index >= 15 is 0 Å². The van der Waals surface area contributed by atoms with E-state index in [9.17, 15) is 18.0 Å². The van der Waals surface area contributed by atoms with Gasteiger partial charge in [-0.25, -0.2) is 13.1 Å². The van der Waals surface area contributed by atoms with Crippen molar-refractivity contribution in [2.24, 2.45) is 11.8 Å². The average molecular weight is 433 g/mol. The average Bonchev–Trinajstić information content (AvgIpc) is 2.69. The lowest BCUT2D eigenvalue weighted by Gasteiger charge is -2.34. The van der Waals surface area contributed by atoms with Gasteiger partial charge in [0.05, 0.1) is 4.90 Å². The molecule has 162 valence electrons. The number of aromatic nitrogens is 2. The Balaban J connectivity index is 1.73. The fraction of sp³-hybridized carbons (Fsp3) is 0.476. The zero-order chi connectivity index (χ0) is 21.9. The minimum absolute atomic E-state index is 0.121. The SMILES string of the molecule is CCCn1nc(C(=O)Nc2ccc(S(=O)(=O)N3CC(C)CC(C)C3)cc2)ccc1=O. The highest BCUT2D eigenvalue weighted by atomic mass is 32.2. The Morgan fingerprint density at radius 1 is 1.10 bits per heavy atom. The molecule has 1 fully saturated rings. The first-order valence-corrected chi connectivity index (χ1v) is 11.6. The van der Waals surface area contributed by atoms with Crippen LogP contribution in [0, 0.1) is 11.8 Å². The van der Waals surface area contributed by atoms with Crippen molar-refractivity contribution in [3.05, 3.63) is 52.4 Å². The van der Waals surface area contributed by atoms with Gasteiger partial charge in [0.15, 0.2) is 0 Å². The van der Waals surface area contributed by atoms with E-state index in [1.807, 2.05) is 6.92 Å². The molecule has 2 unspecified atom stereocenters. The summed E-state index contributed by atoms with van der Waals surface area (Å²) in [7, 11) is -3.57. The minimum atomic E-state index is -3.57. The largest absolute Gasteiger partial charge is 0.321 e. The van der Waals surface area contributed by atoms with Gasteiger partial charge in [-0.3, -0.25) is 9.59 Å². The summed E-state index contributed by atoms with van der Waals surface area (Å²) in [6.45, 7) is 7.51. The van der Waals surface area contributed by atoms with Crippen molar-refractivity contribution < 1.29 is 13.2 Å². The number of carbonyl (C=O) groups excluding carboxylic acids is 1. The van der Waals surface area contributed by atoms with Crippen LogP contribution in [0.3, 0.4) is 0 Å². The van der Waals surface area contributed by atoms with Crippen LogP contribution in [0.5, 0.6) is 0 Å². The third-order valence-electron chi connectivity index (χ3n) is 5.12. The maximum absolute atomic E-state index is 13.0. The second kappa shape index (κ2) is 9.09. The van der Waals surface area contributed by atoms with E-state index in [-0.39, 0.29) is 16.1 Å². The highest BCUT2D eigenvalue weighted by Gasteiger charge is 2.31. The van der Waals surface area contributed by atoms with Crippen LogP contribution in [0.4, 0.5) is 5.69 Å². The van der Waals surface area contributed by atoms with Gasteiger partial charge in [-0.2, -0.15) is 9.40 Å². The van der Waals surface area contributed by atoms with Crippen LogP contribution in [-0.2, 0) is 16.6 Å². The number of aryl methyl sites for hydroxylation is 1. The van der Waals surface area contributed by atoms with Gasteiger partial charge in [-0.1, -0.05) is 20.8 Å². The zero-order valence-corrected chi connectivity index (χ0v) is 18.4. The van der Waals surface area contributed by atoms with Gasteiger partial charge < -0.3 is 5.32 Å². The second-order valence-corrected chi connectivity index (χ2v) is 9.96. The Hall–Kier alpha value is -2.52. The summed E-state index contributed by atoms with van der Waals surface area (Å²) in [6.07, 6.45) is 1.75. The molecule has 1 N–H and O–H groups in total. The molecular weight excluding hydrogens is 404 g/mol. The fourth-order valence-corrected chi connectivity index (χ4v) is 5.48. The number of nitrogens with one attached hydrogen (secondary N) is 1. The van der Waals surface area contributed by atoms with Crippen molar-refractivity contribution >= 4 is 21.6 Å². The predicted molar refractivity (Wildman–Crippen MR) is 115 cm³/mol. The lowest BCUT2D eigenvalue weighted by molar-refractivity contribution is 0.101. The molecule has 2 heterocycles. The van der Waals surface area contributed by atoms with E-state index in [2.05, 4.69) is 24.3 Å². The van der Waals surface area contributed by atoms with Crippen molar-refractivity contribution in [3.63, 3.8) is 0 Å². The van der Waals surface area contributed by atoms with Crippen molar-refractivity contribution in [1.29, 1.82) is 0 Å². The van der Waals surface area contributed by atoms with Crippen LogP contribution < -0.4 is 10.9 Å². The number of nitrogens with zero attached hydrogens (tertiary/aromatic N) is 3. The van der Waals surface area contributed by atoms with Crippen LogP contribution in [0.25, 0.3) is 0 Å². The number of hydrogen-bond donors (Lipinski definition) is 1. The molecule has 1 aliphatic heterocycles. The summed E-state index contributed by atoms with van der Waals surface area (Å²) in [6, 6.07) is 8.81. The molecule has 0 spiro atoms. The van der Waals surface area contributed by atoms with Gasteiger partial charge >= 0.3 is 0 Å². The Morgan fingerprint density at radius 2 is 1.73 bits per heavy atom. The first-order valence-electron chi connectivity index (χ1n) is 10.2. The molecule has 1 saturated heterocycles. The summed E-state index contributed by atoms with van der Waals surface area (Å²) in [5.74, 6) is 0.185. The molecular formula is C21H28N4O4S. The Kier molecular flexibility index (Phi) is 6.72. The van der Waals surface area contributed by atoms with Crippen LogP contribution >= 0.6 is 0 Å². The van der Waals surface area contributed by atoms with E-state index in [0.717, 1.165) is 12.8 Å². The number of benzene rings is 1. The van der Waals surface area contributed by atoms with Crippen molar-refractivity contribution in [2.75, 3.05) is 18.4 Å². The summed E-state index contributed by atoms with van der Waals surface area (Å²) in [5, 5.41) is 6.77. The van der Waals surface area contributed by atoms with Crippen LogP contribution in [0.1, 0.15) is 44.1 Å². The van der Waals surface area contributed by atoms with Crippen molar-refractivity contribution in [2.45, 2.75) is 45.1 Å². The maximum Gasteiger partial charge on any atom is 0.276 e. The number of amides is 1. The zero-order valence-electron chi connectivity index (χ0n) is 17.5. The normalized spacial score (nSPS) is 20.1. The topological polar surface area (TPSA) is 101 Å². The standard InChI is InChI=1S/C21H28N4O4S/c1-4-11-25-20(26)10-9-19(23-25)21(27)22-17-5-7-18(8-6-17)30(28,29)24-13-15(2)12-16(3)14-24/h5-10,15-16H,4,11-14H2,1-3H3,(H,22,27). The van der Waals surface area contributed by atoms with Gasteiger partial charge in [-0.05, 0) is 55.0 Å². The molecule has 2 atom stereocenters. The maximum atomic E-state index is 13.0. The fourth-order valence-electron chi connectivity index (χ4n) is 3.80. The van der Waals surface area contributed by atoms with Crippen molar-refractivity contribution in [1.82, 2.24) is 14.1 Å². The molecule has 30 heavy (non-hydrogen) atoms. The Labute approximate surface area is 177 Å². The first-order chi connectivity index (χ1) is 14.2. The van der Waals surface area contributed by atoms with Crippen molar-refractivity contribution in [3.8, 4) is 0 Å². The van der Waals surface area contributed by atoms with E-state index in [1.54, 1.807) is 16.4 Å². The highest BCUT2D eigenvalue weighted by Crippen LogP contribution is 2.27. The summed E-state index contributed by atoms with van der Waals surface area (Å²) in [5.41, 5.74) is 0.315. The molecule has 1 aliphatic rings. The van der Waals surface area contributed by atoms with E-state index in [0.29, 0.717) is 37.2 Å². The third-order valence-corrected chi connectivity index (χ3v) is 6.97. The molecule has 0 radical (unpaired) electrons. The Bertz CT molecular complexity index is 1050. The van der Waals surface area contributed by atoms with Gasteiger partial charge in [0.2, 0.25) is 10.0 Å². The predicted octanol–water partition coefficient (Wildman–Crippen LogP) is 2.57. The lowest BCUT2D eigenvalue weighted by atomic mass is 9.94. The van der Waals surface area contributed by atoms with Crippen LogP contribution in [0.2, 0.25) is 0 Å². The first kappa shape index (κ1) is 22.2. The van der Waals surface area contributed by atoms with Gasteiger partial charge in [0, 0.05) is 31.4 Å². The smallest absolute Gasteiger partial charge is 0.276 e. The Morgan fingerprint density at radius 3 is 2.33 bits per heavy atom. The van der Waals surface area contributed by atoms with E-state index in [4.69, 9.17) is 0 Å². The highest BCUT2D eigenvalue weighted by molar-refractivity contribution is 7.89. The van der Waals surface area contributed by atoms with E-state index < -0.39 is 15.9 Å². The number of piperidine rings is 1. The molecule has 0 bridgehead atoms. The third kappa shape index (κ3) is 4.96. The molecule has 2 aromatic rings. The summed E-state index contributed by atoms with van der Waals surface area (Å²) in [4.78, 5) is 24.4. The van der Waals surface area contributed by atoms with Crippen LogP contribution in [-0.4, -0.2) is 41.5 Å². The summed E-state index contributed by atoms with van der Waals surface area (Å²) < 4.78 is 28.7. The van der Waals surface area contributed by atoms with Crippen LogP contribution in [0.15, 0.2) is 46.1 Å². The van der Waals surface area contributed by atoms with Gasteiger partial charge in [0.25, 0.3) is 11.5 Å². The quantitative estimate of drug-likeness (QED) is 0.756. The molecule has 8 nitrogen and oxygen atoms in total. The number of carbonyl (C=O) groups is 1. The van der Waals surface area contributed by atoms with Gasteiger partial charge in [0.1, 0.15) is 5.69 Å². The van der Waals surface area contributed by atoms with E-state index in [1.165, 1.54) is 28.9 Å². The molecule has 1 aromatic carbocycles. The molecule has 9 heteroatoms. The number of anilines is 1. The molecule has 0 saturated carbocycles. The summed E-state index contributed by atoms with van der Waals surface area (Å²) >= 11 is 0. The van der Waals surface area contributed by atoms with Gasteiger partial charge in [-0.15, -0.1) is 0 Å². The second-order valence-electron chi connectivity index (χ2n) is 8.03. The molecule has 1 amide bonds. The molecule has 0 aliphatic carbocycles. The molecule has 1 aromatic heterocycles. The number of rotatable bonds is 6. The number of hydrogen-bond acceptors (Lipinski definition) is 5.